The van der Waals surface area contributed by atoms with Crippen LogP contribution in [-0.4, -0.2) is 37.9 Å². The van der Waals surface area contributed by atoms with Gasteiger partial charge in [0, 0.05) is 33.3 Å². The van der Waals surface area contributed by atoms with Crippen LogP contribution in [0.5, 0.6) is 0 Å². The van der Waals surface area contributed by atoms with Crippen molar-refractivity contribution in [3.8, 4) is 0 Å². The maximum Gasteiger partial charge on any atom is 0.220 e. The van der Waals surface area contributed by atoms with Crippen molar-refractivity contribution in [3.05, 3.63) is 0 Å². The molecular formula is C12H23NO3. The molecule has 16 heavy (non-hydrogen) atoms. The number of hydrogen-bond acceptors (Lipinski definition) is 3. The molecule has 4 nitrogen and oxygen atoms in total. The van der Waals surface area contributed by atoms with E-state index in [2.05, 4.69) is 5.32 Å². The van der Waals surface area contributed by atoms with Crippen molar-refractivity contribution in [2.24, 2.45) is 11.8 Å². The zero-order chi connectivity index (χ0) is 11.8. The predicted octanol–water partition coefficient (Wildman–Crippen LogP) is 0.938. The first-order valence-electron chi connectivity index (χ1n) is 6.14. The first kappa shape index (κ1) is 13.5. The summed E-state index contributed by atoms with van der Waals surface area (Å²) in [4.78, 5) is 11.4. The van der Waals surface area contributed by atoms with Crippen molar-refractivity contribution in [2.75, 3.05) is 26.9 Å². The van der Waals surface area contributed by atoms with Crippen LogP contribution in [0.15, 0.2) is 0 Å². The Balaban J connectivity index is 2.11. The number of hydrogen-bond donors (Lipinski definition) is 2. The summed E-state index contributed by atoms with van der Waals surface area (Å²) < 4.78 is 4.89. The zero-order valence-electron chi connectivity index (χ0n) is 10.1. The largest absolute Gasteiger partial charge is 0.396 e. The van der Waals surface area contributed by atoms with Crippen molar-refractivity contribution in [2.45, 2.75) is 32.1 Å². The molecule has 1 saturated carbocycles. The van der Waals surface area contributed by atoms with Gasteiger partial charge in [0.05, 0.1) is 0 Å². The van der Waals surface area contributed by atoms with Gasteiger partial charge in [-0.25, -0.2) is 0 Å². The number of carbonyl (C=O) groups excluding carboxylic acids is 1. The second-order valence-corrected chi connectivity index (χ2v) is 4.53. The average Bonchev–Trinajstić information content (AvgIpc) is 2.74. The third-order valence-corrected chi connectivity index (χ3v) is 3.36. The molecule has 1 amide bonds. The smallest absolute Gasteiger partial charge is 0.220 e. The van der Waals surface area contributed by atoms with Crippen molar-refractivity contribution < 1.29 is 14.6 Å². The third-order valence-electron chi connectivity index (χ3n) is 3.36. The molecule has 0 aliphatic heterocycles. The molecule has 0 spiro atoms. The van der Waals surface area contributed by atoms with Gasteiger partial charge in [-0.2, -0.15) is 0 Å². The minimum absolute atomic E-state index is 0.0978. The molecule has 2 unspecified atom stereocenters. The lowest BCUT2D eigenvalue weighted by Crippen LogP contribution is -2.31. The highest BCUT2D eigenvalue weighted by molar-refractivity contribution is 5.75. The van der Waals surface area contributed by atoms with Crippen molar-refractivity contribution in [3.63, 3.8) is 0 Å². The van der Waals surface area contributed by atoms with E-state index in [1.54, 1.807) is 7.11 Å². The molecule has 0 aromatic heterocycles. The molecule has 2 N–H and O–H groups in total. The van der Waals surface area contributed by atoms with Crippen LogP contribution < -0.4 is 5.32 Å². The molecule has 1 aliphatic carbocycles. The van der Waals surface area contributed by atoms with Crippen LogP contribution in [0.3, 0.4) is 0 Å². The fraction of sp³-hybridized carbons (Fsp3) is 0.917. The van der Waals surface area contributed by atoms with E-state index in [4.69, 9.17) is 9.84 Å². The number of nitrogens with one attached hydrogen (secondary N) is 1. The lowest BCUT2D eigenvalue weighted by molar-refractivity contribution is -0.121. The molecule has 0 aromatic rings. The Kier molecular flexibility index (Phi) is 6.42. The Morgan fingerprint density at radius 2 is 2.19 bits per heavy atom. The van der Waals surface area contributed by atoms with E-state index in [9.17, 15) is 4.79 Å². The van der Waals surface area contributed by atoms with Crippen molar-refractivity contribution in [1.29, 1.82) is 0 Å². The Morgan fingerprint density at radius 3 is 2.88 bits per heavy atom. The minimum Gasteiger partial charge on any atom is -0.396 e. The van der Waals surface area contributed by atoms with Gasteiger partial charge in [-0.05, 0) is 31.1 Å². The molecule has 0 saturated heterocycles. The average molecular weight is 229 g/mol. The molecule has 0 bridgehead atoms. The number of aliphatic hydroxyl groups excluding tert-OH is 1. The lowest BCUT2D eigenvalue weighted by atomic mass is 9.97. The standard InChI is InChI=1S/C12H23NO3/c1-16-7-3-6-12(15)13-8-10-4-2-5-11(10)9-14/h10-11,14H,2-9H2,1H3,(H,13,15). The number of aliphatic hydroxyl groups is 1. The third kappa shape index (κ3) is 4.49. The molecule has 1 aliphatic rings. The summed E-state index contributed by atoms with van der Waals surface area (Å²) in [6, 6.07) is 0. The van der Waals surface area contributed by atoms with Crippen LogP contribution in [0, 0.1) is 11.8 Å². The summed E-state index contributed by atoms with van der Waals surface area (Å²) in [5.74, 6) is 0.955. The molecule has 1 rings (SSSR count). The minimum atomic E-state index is 0.0978. The highest BCUT2D eigenvalue weighted by atomic mass is 16.5. The van der Waals surface area contributed by atoms with Crippen LogP contribution in [0.2, 0.25) is 0 Å². The van der Waals surface area contributed by atoms with Crippen molar-refractivity contribution in [1.82, 2.24) is 5.32 Å². The second kappa shape index (κ2) is 7.63. The van der Waals surface area contributed by atoms with Crippen LogP contribution >= 0.6 is 0 Å². The van der Waals surface area contributed by atoms with E-state index in [0.29, 0.717) is 24.9 Å². The molecular weight excluding hydrogens is 206 g/mol. The van der Waals surface area contributed by atoms with E-state index in [1.165, 1.54) is 6.42 Å². The Labute approximate surface area is 97.4 Å². The summed E-state index contributed by atoms with van der Waals surface area (Å²) in [6.45, 7) is 1.61. The molecule has 4 heteroatoms. The molecule has 94 valence electrons. The van der Waals surface area contributed by atoms with Gasteiger partial charge in [-0.1, -0.05) is 6.42 Å². The Bertz CT molecular complexity index is 208. The number of methoxy groups -OCH3 is 1. The Morgan fingerprint density at radius 1 is 1.44 bits per heavy atom. The maximum atomic E-state index is 11.4. The van der Waals surface area contributed by atoms with Gasteiger partial charge in [0.2, 0.25) is 5.91 Å². The highest BCUT2D eigenvalue weighted by Crippen LogP contribution is 2.30. The van der Waals surface area contributed by atoms with E-state index >= 15 is 0 Å². The summed E-state index contributed by atoms with van der Waals surface area (Å²) in [5, 5.41) is 12.1. The topological polar surface area (TPSA) is 58.6 Å². The number of carbonyl (C=O) groups is 1. The van der Waals surface area contributed by atoms with Crippen LogP contribution in [0.1, 0.15) is 32.1 Å². The summed E-state index contributed by atoms with van der Waals surface area (Å²) in [7, 11) is 1.64. The first-order chi connectivity index (χ1) is 7.77. The van der Waals surface area contributed by atoms with E-state index in [0.717, 1.165) is 25.8 Å². The van der Waals surface area contributed by atoms with Crippen molar-refractivity contribution >= 4 is 5.91 Å². The van der Waals surface area contributed by atoms with E-state index in [-0.39, 0.29) is 12.5 Å². The molecule has 0 heterocycles. The molecule has 2 atom stereocenters. The monoisotopic (exact) mass is 229 g/mol. The number of ether oxygens (including phenoxy) is 1. The van der Waals surface area contributed by atoms with Gasteiger partial charge in [0.25, 0.3) is 0 Å². The maximum absolute atomic E-state index is 11.4. The number of rotatable bonds is 7. The van der Waals surface area contributed by atoms with E-state index < -0.39 is 0 Å². The van der Waals surface area contributed by atoms with Gasteiger partial charge < -0.3 is 15.2 Å². The highest BCUT2D eigenvalue weighted by Gasteiger charge is 2.26. The van der Waals surface area contributed by atoms with Gasteiger partial charge in [-0.15, -0.1) is 0 Å². The summed E-state index contributed by atoms with van der Waals surface area (Å²) in [6.07, 6.45) is 4.71. The van der Waals surface area contributed by atoms with E-state index in [1.807, 2.05) is 0 Å². The molecule has 0 radical (unpaired) electrons. The fourth-order valence-corrected chi connectivity index (χ4v) is 2.33. The first-order valence-corrected chi connectivity index (χ1v) is 6.14. The zero-order valence-corrected chi connectivity index (χ0v) is 10.1. The molecule has 0 aromatic carbocycles. The van der Waals surface area contributed by atoms with Crippen LogP contribution in [-0.2, 0) is 9.53 Å². The molecule has 1 fully saturated rings. The van der Waals surface area contributed by atoms with Crippen LogP contribution in [0.25, 0.3) is 0 Å². The number of amides is 1. The van der Waals surface area contributed by atoms with Gasteiger partial charge in [-0.3, -0.25) is 4.79 Å². The predicted molar refractivity (Wildman–Crippen MR) is 62.0 cm³/mol. The lowest BCUT2D eigenvalue weighted by Gasteiger charge is -2.17. The van der Waals surface area contributed by atoms with Gasteiger partial charge in [0.15, 0.2) is 0 Å². The summed E-state index contributed by atoms with van der Waals surface area (Å²) in [5.41, 5.74) is 0. The Hall–Kier alpha value is -0.610. The SMILES string of the molecule is COCCCC(=O)NCC1CCCC1CO. The van der Waals surface area contributed by atoms with Gasteiger partial charge in [0.1, 0.15) is 0 Å². The normalized spacial score (nSPS) is 24.6. The second-order valence-electron chi connectivity index (χ2n) is 4.53. The quantitative estimate of drug-likeness (QED) is 0.639. The fourth-order valence-electron chi connectivity index (χ4n) is 2.33. The van der Waals surface area contributed by atoms with Crippen LogP contribution in [0.4, 0.5) is 0 Å². The van der Waals surface area contributed by atoms with Gasteiger partial charge >= 0.3 is 0 Å². The summed E-state index contributed by atoms with van der Waals surface area (Å²) >= 11 is 0.